The molecule has 20 heavy (non-hydrogen) atoms. The molecule has 1 atom stereocenters. The van der Waals surface area contributed by atoms with Crippen LogP contribution in [0.15, 0.2) is 18.2 Å². The van der Waals surface area contributed by atoms with E-state index in [4.69, 9.17) is 17.3 Å². The second kappa shape index (κ2) is 6.81. The molecule has 0 radical (unpaired) electrons. The van der Waals surface area contributed by atoms with Crippen LogP contribution >= 0.6 is 11.6 Å². The fourth-order valence-electron chi connectivity index (χ4n) is 1.27. The molecule has 0 saturated heterocycles. The normalized spacial score (nSPS) is 13.1. The first-order valence-corrected chi connectivity index (χ1v) is 6.11. The van der Waals surface area contributed by atoms with Crippen molar-refractivity contribution in [3.05, 3.63) is 23.2 Å². The maximum Gasteiger partial charge on any atom is 0.414 e. The molecule has 0 saturated carbocycles. The molecule has 0 aromatic heterocycles. The molecular formula is C12H14ClF3N2O2. The van der Waals surface area contributed by atoms with Crippen LogP contribution in [0, 0.1) is 0 Å². The molecule has 1 unspecified atom stereocenters. The van der Waals surface area contributed by atoms with Crippen LogP contribution in [-0.4, -0.2) is 24.8 Å². The Morgan fingerprint density at radius 3 is 2.75 bits per heavy atom. The van der Waals surface area contributed by atoms with Crippen LogP contribution in [0.3, 0.4) is 0 Å². The average Bonchev–Trinajstić information content (AvgIpc) is 2.32. The molecule has 1 aromatic carbocycles. The Morgan fingerprint density at radius 2 is 2.15 bits per heavy atom. The molecule has 8 heteroatoms. The van der Waals surface area contributed by atoms with Gasteiger partial charge in [0, 0.05) is 5.02 Å². The van der Waals surface area contributed by atoms with Gasteiger partial charge < -0.3 is 15.8 Å². The van der Waals surface area contributed by atoms with Crippen molar-refractivity contribution in [2.45, 2.75) is 25.6 Å². The molecule has 0 aliphatic rings. The summed E-state index contributed by atoms with van der Waals surface area (Å²) < 4.78 is 41.0. The number of hydrogen-bond acceptors (Lipinski definition) is 3. The van der Waals surface area contributed by atoms with Crippen molar-refractivity contribution in [2.24, 2.45) is 0 Å². The standard InChI is InChI=1S/C12H14ClF3N2O2/c1-7(12(14,15)16)20-5-4-11(19)18-10-6-8(13)2-3-9(10)17/h2-3,6-7H,4-5,17H2,1H3,(H,18,19). The number of rotatable bonds is 5. The van der Waals surface area contributed by atoms with Gasteiger partial charge in [-0.25, -0.2) is 0 Å². The highest BCUT2D eigenvalue weighted by molar-refractivity contribution is 6.31. The molecule has 0 aliphatic heterocycles. The summed E-state index contributed by atoms with van der Waals surface area (Å²) >= 11 is 5.74. The fourth-order valence-corrected chi connectivity index (χ4v) is 1.44. The number of nitrogens with one attached hydrogen (secondary N) is 1. The Labute approximate surface area is 119 Å². The zero-order valence-electron chi connectivity index (χ0n) is 10.6. The third-order valence-electron chi connectivity index (χ3n) is 2.45. The number of amides is 1. The van der Waals surface area contributed by atoms with E-state index in [9.17, 15) is 18.0 Å². The van der Waals surface area contributed by atoms with Gasteiger partial charge in [-0.15, -0.1) is 0 Å². The van der Waals surface area contributed by atoms with Crippen LogP contribution in [0.1, 0.15) is 13.3 Å². The first-order valence-electron chi connectivity index (χ1n) is 5.73. The van der Waals surface area contributed by atoms with E-state index in [0.29, 0.717) is 16.4 Å². The molecule has 4 nitrogen and oxygen atoms in total. The molecule has 0 fully saturated rings. The smallest absolute Gasteiger partial charge is 0.397 e. The highest BCUT2D eigenvalue weighted by Crippen LogP contribution is 2.24. The van der Waals surface area contributed by atoms with E-state index in [1.807, 2.05) is 0 Å². The van der Waals surface area contributed by atoms with Crippen molar-refractivity contribution in [1.29, 1.82) is 0 Å². The fraction of sp³-hybridized carbons (Fsp3) is 0.417. The lowest BCUT2D eigenvalue weighted by Gasteiger charge is -2.16. The minimum Gasteiger partial charge on any atom is -0.397 e. The minimum absolute atomic E-state index is 0.216. The van der Waals surface area contributed by atoms with Crippen molar-refractivity contribution in [3.63, 3.8) is 0 Å². The van der Waals surface area contributed by atoms with Gasteiger partial charge in [-0.1, -0.05) is 11.6 Å². The van der Waals surface area contributed by atoms with Gasteiger partial charge in [0.2, 0.25) is 5.91 Å². The van der Waals surface area contributed by atoms with E-state index in [2.05, 4.69) is 10.1 Å². The average molecular weight is 311 g/mol. The van der Waals surface area contributed by atoms with Gasteiger partial charge in [-0.3, -0.25) is 4.79 Å². The minimum atomic E-state index is -4.44. The van der Waals surface area contributed by atoms with E-state index in [-0.39, 0.29) is 13.0 Å². The van der Waals surface area contributed by atoms with E-state index >= 15 is 0 Å². The Morgan fingerprint density at radius 1 is 1.50 bits per heavy atom. The molecule has 112 valence electrons. The lowest BCUT2D eigenvalue weighted by molar-refractivity contribution is -0.214. The van der Waals surface area contributed by atoms with Gasteiger partial charge >= 0.3 is 6.18 Å². The summed E-state index contributed by atoms with van der Waals surface area (Å²) in [5.74, 6) is -0.506. The van der Waals surface area contributed by atoms with Crippen molar-refractivity contribution in [2.75, 3.05) is 17.7 Å². The topological polar surface area (TPSA) is 64.3 Å². The van der Waals surface area contributed by atoms with E-state index in [0.717, 1.165) is 6.92 Å². The summed E-state index contributed by atoms with van der Waals surface area (Å²) in [6.07, 6.45) is -6.56. The molecule has 0 bridgehead atoms. The molecule has 1 aromatic rings. The lowest BCUT2D eigenvalue weighted by atomic mass is 10.2. The number of ether oxygens (including phenoxy) is 1. The largest absolute Gasteiger partial charge is 0.414 e. The molecule has 0 heterocycles. The number of anilines is 2. The molecule has 1 amide bonds. The molecule has 1 rings (SSSR count). The van der Waals surface area contributed by atoms with Crippen LogP contribution in [0.25, 0.3) is 0 Å². The van der Waals surface area contributed by atoms with Crippen molar-refractivity contribution < 1.29 is 22.7 Å². The summed E-state index contributed by atoms with van der Waals surface area (Å²) in [6.45, 7) is 0.542. The summed E-state index contributed by atoms with van der Waals surface area (Å²) in [5, 5.41) is 2.84. The third-order valence-corrected chi connectivity index (χ3v) is 2.68. The number of carbonyl (C=O) groups excluding carboxylic acids is 1. The van der Waals surface area contributed by atoms with E-state index in [1.54, 1.807) is 6.07 Å². The maximum absolute atomic E-state index is 12.2. The predicted octanol–water partition coefficient (Wildman–Crippen LogP) is 3.22. The van der Waals surface area contributed by atoms with E-state index in [1.165, 1.54) is 12.1 Å². The van der Waals surface area contributed by atoms with Crippen LogP contribution in [0.4, 0.5) is 24.5 Å². The van der Waals surface area contributed by atoms with Gasteiger partial charge in [-0.05, 0) is 25.1 Å². The number of halogens is 4. The van der Waals surface area contributed by atoms with Crippen LogP contribution in [0.2, 0.25) is 5.02 Å². The zero-order valence-corrected chi connectivity index (χ0v) is 11.4. The summed E-state index contributed by atoms with van der Waals surface area (Å²) in [5.41, 5.74) is 6.24. The molecule has 3 N–H and O–H groups in total. The Kier molecular flexibility index (Phi) is 5.64. The highest BCUT2D eigenvalue weighted by Gasteiger charge is 2.36. The molecule has 0 aliphatic carbocycles. The maximum atomic E-state index is 12.2. The number of nitrogens with two attached hydrogens (primary N) is 1. The van der Waals surface area contributed by atoms with Gasteiger partial charge in [0.25, 0.3) is 0 Å². The number of benzene rings is 1. The van der Waals surface area contributed by atoms with Gasteiger partial charge in [0.05, 0.1) is 24.4 Å². The van der Waals surface area contributed by atoms with Gasteiger partial charge in [-0.2, -0.15) is 13.2 Å². The van der Waals surface area contributed by atoms with Crippen molar-refractivity contribution >= 4 is 28.9 Å². The van der Waals surface area contributed by atoms with Gasteiger partial charge in [0.1, 0.15) is 0 Å². The highest BCUT2D eigenvalue weighted by atomic mass is 35.5. The third kappa shape index (κ3) is 5.26. The van der Waals surface area contributed by atoms with Crippen LogP contribution < -0.4 is 11.1 Å². The second-order valence-corrected chi connectivity index (χ2v) is 4.52. The van der Waals surface area contributed by atoms with Crippen LogP contribution in [-0.2, 0) is 9.53 Å². The summed E-state index contributed by atoms with van der Waals surface area (Å²) in [4.78, 5) is 11.5. The van der Waals surface area contributed by atoms with Crippen molar-refractivity contribution in [3.8, 4) is 0 Å². The molecular weight excluding hydrogens is 297 g/mol. The quantitative estimate of drug-likeness (QED) is 0.821. The van der Waals surface area contributed by atoms with E-state index < -0.39 is 18.2 Å². The zero-order chi connectivity index (χ0) is 15.3. The summed E-state index contributed by atoms with van der Waals surface area (Å²) in [7, 11) is 0. The monoisotopic (exact) mass is 310 g/mol. The first-order chi connectivity index (χ1) is 9.20. The van der Waals surface area contributed by atoms with Crippen molar-refractivity contribution in [1.82, 2.24) is 0 Å². The number of carbonyl (C=O) groups is 1. The SMILES string of the molecule is CC(OCCC(=O)Nc1cc(Cl)ccc1N)C(F)(F)F. The van der Waals surface area contributed by atoms with Crippen LogP contribution in [0.5, 0.6) is 0 Å². The predicted molar refractivity (Wildman–Crippen MR) is 70.6 cm³/mol. The Hall–Kier alpha value is -1.47. The number of alkyl halides is 3. The second-order valence-electron chi connectivity index (χ2n) is 4.08. The molecule has 0 spiro atoms. The number of hydrogen-bond donors (Lipinski definition) is 2. The summed E-state index contributed by atoms with van der Waals surface area (Å²) in [6, 6.07) is 4.52. The number of nitrogen functional groups attached to an aromatic ring is 1. The first kappa shape index (κ1) is 16.6. The lowest BCUT2D eigenvalue weighted by Crippen LogP contribution is -2.29. The Bertz CT molecular complexity index is 480. The Balaban J connectivity index is 2.43. The van der Waals surface area contributed by atoms with Gasteiger partial charge in [0.15, 0.2) is 6.10 Å².